The highest BCUT2D eigenvalue weighted by molar-refractivity contribution is 5.94. The number of carbonyl (C=O) groups excluding carboxylic acids is 1. The molecular weight excluding hydrogens is 251 g/mol. The summed E-state index contributed by atoms with van der Waals surface area (Å²) in [5, 5.41) is 10.8. The molecule has 0 fully saturated rings. The molecule has 0 atom stereocenters. The summed E-state index contributed by atoms with van der Waals surface area (Å²) in [5.41, 5.74) is 0.00690. The van der Waals surface area contributed by atoms with Crippen LogP contribution in [0.25, 0.3) is 0 Å². The molecule has 0 aliphatic heterocycles. The highest BCUT2D eigenvalue weighted by atomic mass is 19.3. The molecule has 0 spiro atoms. The Morgan fingerprint density at radius 3 is 2.44 bits per heavy atom. The van der Waals surface area contributed by atoms with Crippen LogP contribution >= 0.6 is 0 Å². The van der Waals surface area contributed by atoms with Gasteiger partial charge in [0.15, 0.2) is 5.83 Å². The van der Waals surface area contributed by atoms with Crippen LogP contribution in [0.5, 0.6) is 0 Å². The summed E-state index contributed by atoms with van der Waals surface area (Å²) in [6.45, 7) is 0. The molecule has 1 aromatic carbocycles. The van der Waals surface area contributed by atoms with E-state index in [4.69, 9.17) is 5.11 Å². The van der Waals surface area contributed by atoms with Gasteiger partial charge in [-0.05, 0) is 18.2 Å². The predicted molar refractivity (Wildman–Crippen MR) is 57.0 cm³/mol. The third-order valence-corrected chi connectivity index (χ3v) is 1.91. The Kier molecular flexibility index (Phi) is 4.47. The van der Waals surface area contributed by atoms with Crippen molar-refractivity contribution in [2.45, 2.75) is 6.42 Å². The fraction of sp³-hybridized carbons (Fsp3) is 0.0909. The second-order valence-electron chi connectivity index (χ2n) is 3.28. The summed E-state index contributed by atoms with van der Waals surface area (Å²) in [6, 6.07) is 5.14. The maximum absolute atomic E-state index is 12.5. The number of aromatic carboxylic acids is 1. The number of nitrogens with one attached hydrogen (secondary N) is 1. The van der Waals surface area contributed by atoms with E-state index in [1.54, 1.807) is 0 Å². The van der Waals surface area contributed by atoms with Gasteiger partial charge < -0.3 is 10.4 Å². The van der Waals surface area contributed by atoms with Gasteiger partial charge in [-0.1, -0.05) is 6.07 Å². The molecule has 0 aliphatic carbocycles. The minimum Gasteiger partial charge on any atom is -0.478 e. The van der Waals surface area contributed by atoms with E-state index >= 15 is 0 Å². The van der Waals surface area contributed by atoms with Gasteiger partial charge in [-0.25, -0.2) is 9.18 Å². The summed E-state index contributed by atoms with van der Waals surface area (Å²) < 4.78 is 35.9. The maximum atomic E-state index is 12.5. The Morgan fingerprint density at radius 2 is 1.89 bits per heavy atom. The SMILES string of the molecule is O=C(CC(F)=C(F)F)Nc1cccc(C(=O)O)c1. The number of hydrogen-bond donors (Lipinski definition) is 2. The first kappa shape index (κ1) is 13.8. The van der Waals surface area contributed by atoms with Crippen molar-refractivity contribution < 1.29 is 27.9 Å². The van der Waals surface area contributed by atoms with E-state index in [0.717, 1.165) is 6.07 Å². The van der Waals surface area contributed by atoms with Crippen LogP contribution in [0, 0.1) is 0 Å². The van der Waals surface area contributed by atoms with E-state index in [9.17, 15) is 22.8 Å². The van der Waals surface area contributed by atoms with E-state index < -0.39 is 30.2 Å². The van der Waals surface area contributed by atoms with Crippen molar-refractivity contribution in [3.8, 4) is 0 Å². The number of rotatable bonds is 4. The topological polar surface area (TPSA) is 66.4 Å². The lowest BCUT2D eigenvalue weighted by Crippen LogP contribution is -2.12. The van der Waals surface area contributed by atoms with Crippen molar-refractivity contribution in [3.63, 3.8) is 0 Å². The van der Waals surface area contributed by atoms with Crippen molar-refractivity contribution in [1.29, 1.82) is 0 Å². The van der Waals surface area contributed by atoms with E-state index in [0.29, 0.717) is 0 Å². The molecule has 0 heterocycles. The van der Waals surface area contributed by atoms with E-state index in [-0.39, 0.29) is 11.3 Å². The lowest BCUT2D eigenvalue weighted by Gasteiger charge is -2.04. The van der Waals surface area contributed by atoms with E-state index in [2.05, 4.69) is 5.32 Å². The van der Waals surface area contributed by atoms with Crippen molar-refractivity contribution in [2.75, 3.05) is 5.32 Å². The number of carboxylic acid groups (broad SMARTS) is 1. The number of anilines is 1. The molecule has 0 saturated heterocycles. The molecule has 96 valence electrons. The molecule has 0 unspecified atom stereocenters. The molecule has 0 saturated carbocycles. The number of halogens is 3. The molecule has 0 aromatic heterocycles. The standard InChI is InChI=1S/C11H8F3NO3/c12-8(10(13)14)5-9(16)15-7-3-1-2-6(4-7)11(17)18/h1-4H,5H2,(H,15,16)(H,17,18). The first-order valence-corrected chi connectivity index (χ1v) is 4.73. The van der Waals surface area contributed by atoms with E-state index in [1.165, 1.54) is 18.2 Å². The van der Waals surface area contributed by atoms with Crippen LogP contribution in [-0.2, 0) is 4.79 Å². The maximum Gasteiger partial charge on any atom is 0.335 e. The van der Waals surface area contributed by atoms with Crippen LogP contribution in [0.2, 0.25) is 0 Å². The van der Waals surface area contributed by atoms with Crippen LogP contribution in [0.3, 0.4) is 0 Å². The van der Waals surface area contributed by atoms with Gasteiger partial charge in [-0.15, -0.1) is 0 Å². The first-order valence-electron chi connectivity index (χ1n) is 4.73. The summed E-state index contributed by atoms with van der Waals surface area (Å²) in [5.74, 6) is -4.02. The highest BCUT2D eigenvalue weighted by Crippen LogP contribution is 2.15. The molecule has 4 nitrogen and oxygen atoms in total. The Labute approximate surface area is 99.7 Å². The van der Waals surface area contributed by atoms with Crippen LogP contribution in [0.15, 0.2) is 36.2 Å². The first-order chi connectivity index (χ1) is 8.40. The summed E-state index contributed by atoms with van der Waals surface area (Å²) in [6.07, 6.45) is -3.65. The van der Waals surface area contributed by atoms with Crippen LogP contribution < -0.4 is 5.32 Å². The van der Waals surface area contributed by atoms with Crippen molar-refractivity contribution in [2.24, 2.45) is 0 Å². The third kappa shape index (κ3) is 3.93. The molecule has 2 N–H and O–H groups in total. The van der Waals surface area contributed by atoms with Crippen molar-refractivity contribution in [1.82, 2.24) is 0 Å². The third-order valence-electron chi connectivity index (χ3n) is 1.91. The molecule has 1 rings (SSSR count). The zero-order chi connectivity index (χ0) is 13.7. The Balaban J connectivity index is 2.74. The van der Waals surface area contributed by atoms with Gasteiger partial charge in [-0.2, -0.15) is 8.78 Å². The van der Waals surface area contributed by atoms with Gasteiger partial charge in [0.25, 0.3) is 0 Å². The van der Waals surface area contributed by atoms with Gasteiger partial charge in [-0.3, -0.25) is 4.79 Å². The molecule has 0 bridgehead atoms. The zero-order valence-corrected chi connectivity index (χ0v) is 8.91. The fourth-order valence-electron chi connectivity index (χ4n) is 1.14. The van der Waals surface area contributed by atoms with Crippen LogP contribution in [-0.4, -0.2) is 17.0 Å². The van der Waals surface area contributed by atoms with Gasteiger partial charge in [0.1, 0.15) is 0 Å². The lowest BCUT2D eigenvalue weighted by atomic mass is 10.2. The average Bonchev–Trinajstić information content (AvgIpc) is 2.28. The quantitative estimate of drug-likeness (QED) is 0.873. The number of carboxylic acids is 1. The summed E-state index contributed by atoms with van der Waals surface area (Å²) in [7, 11) is 0. The fourth-order valence-corrected chi connectivity index (χ4v) is 1.14. The molecule has 0 radical (unpaired) electrons. The average molecular weight is 259 g/mol. The molecule has 7 heteroatoms. The van der Waals surface area contributed by atoms with E-state index in [1.807, 2.05) is 0 Å². The lowest BCUT2D eigenvalue weighted by molar-refractivity contribution is -0.115. The van der Waals surface area contributed by atoms with Crippen LogP contribution in [0.1, 0.15) is 16.8 Å². The largest absolute Gasteiger partial charge is 0.478 e. The smallest absolute Gasteiger partial charge is 0.335 e. The molecular formula is C11H8F3NO3. The van der Waals surface area contributed by atoms with Crippen molar-refractivity contribution in [3.05, 3.63) is 41.7 Å². The number of carbonyl (C=O) groups is 2. The van der Waals surface area contributed by atoms with Gasteiger partial charge in [0.2, 0.25) is 5.91 Å². The zero-order valence-electron chi connectivity index (χ0n) is 8.91. The van der Waals surface area contributed by atoms with Gasteiger partial charge >= 0.3 is 12.0 Å². The molecule has 0 aliphatic rings. The Hall–Kier alpha value is -2.31. The molecule has 1 aromatic rings. The minimum atomic E-state index is -2.55. The monoisotopic (exact) mass is 259 g/mol. The Morgan fingerprint density at radius 1 is 1.22 bits per heavy atom. The van der Waals surface area contributed by atoms with Gasteiger partial charge in [0, 0.05) is 5.69 Å². The van der Waals surface area contributed by atoms with Crippen LogP contribution in [0.4, 0.5) is 18.9 Å². The van der Waals surface area contributed by atoms with Crippen molar-refractivity contribution >= 4 is 17.6 Å². The normalized spacial score (nSPS) is 9.72. The summed E-state index contributed by atoms with van der Waals surface area (Å²) in [4.78, 5) is 21.8. The number of hydrogen-bond acceptors (Lipinski definition) is 2. The van der Waals surface area contributed by atoms with Gasteiger partial charge in [0.05, 0.1) is 12.0 Å². The Bertz CT molecular complexity index is 510. The predicted octanol–water partition coefficient (Wildman–Crippen LogP) is 2.79. The summed E-state index contributed by atoms with van der Waals surface area (Å²) >= 11 is 0. The highest BCUT2D eigenvalue weighted by Gasteiger charge is 2.12. The number of benzene rings is 1. The number of amides is 1. The molecule has 1 amide bonds. The second kappa shape index (κ2) is 5.85. The second-order valence-corrected chi connectivity index (χ2v) is 3.28. The minimum absolute atomic E-state index is 0.0829. The molecule has 18 heavy (non-hydrogen) atoms.